The molecule has 24 heavy (non-hydrogen) atoms. The Balaban J connectivity index is 0.00000288. The molecule has 1 unspecified atom stereocenters. The molecule has 0 aliphatic rings. The van der Waals surface area contributed by atoms with Gasteiger partial charge >= 0.3 is 0 Å². The van der Waals surface area contributed by atoms with Crippen LogP contribution in [0.5, 0.6) is 0 Å². The highest BCUT2D eigenvalue weighted by atomic mass is 35.5. The van der Waals surface area contributed by atoms with Gasteiger partial charge in [0.1, 0.15) is 0 Å². The molecular formula is C18H27ClN4O. The van der Waals surface area contributed by atoms with Gasteiger partial charge < -0.3 is 11.1 Å². The van der Waals surface area contributed by atoms with Gasteiger partial charge in [0.2, 0.25) is 0 Å². The molecule has 0 saturated heterocycles. The quantitative estimate of drug-likeness (QED) is 0.840. The maximum Gasteiger partial charge on any atom is 0.272 e. The molecule has 0 spiro atoms. The first-order valence-corrected chi connectivity index (χ1v) is 7.99. The minimum atomic E-state index is -0.421. The molecule has 1 atom stereocenters. The zero-order chi connectivity index (χ0) is 17.0. The van der Waals surface area contributed by atoms with E-state index in [2.05, 4.69) is 24.3 Å². The SMILES string of the molecule is Cc1cc(C(=O)NC(C)(CN)CC(C)C)nn1-c1ccccc1.Cl. The van der Waals surface area contributed by atoms with Gasteiger partial charge in [0.05, 0.1) is 11.2 Å². The maximum absolute atomic E-state index is 12.6. The van der Waals surface area contributed by atoms with Gasteiger partial charge in [0, 0.05) is 12.2 Å². The third kappa shape index (κ3) is 4.82. The molecule has 2 rings (SSSR count). The van der Waals surface area contributed by atoms with Gasteiger partial charge in [-0.3, -0.25) is 4.79 Å². The van der Waals surface area contributed by atoms with Gasteiger partial charge in [-0.1, -0.05) is 32.0 Å². The second-order valence-corrected chi connectivity index (χ2v) is 6.74. The van der Waals surface area contributed by atoms with E-state index in [0.29, 0.717) is 18.2 Å². The number of hydrogen-bond acceptors (Lipinski definition) is 3. The molecule has 132 valence electrons. The van der Waals surface area contributed by atoms with Gasteiger partial charge in [-0.15, -0.1) is 12.4 Å². The molecule has 0 aliphatic heterocycles. The number of carbonyl (C=O) groups is 1. The summed E-state index contributed by atoms with van der Waals surface area (Å²) in [7, 11) is 0. The van der Waals surface area contributed by atoms with E-state index in [1.54, 1.807) is 10.7 Å². The third-order valence-corrected chi connectivity index (χ3v) is 3.85. The first kappa shape index (κ1) is 20.2. The molecule has 1 heterocycles. The average Bonchev–Trinajstić information content (AvgIpc) is 2.89. The number of nitrogens with two attached hydrogens (primary N) is 1. The third-order valence-electron chi connectivity index (χ3n) is 3.85. The van der Waals surface area contributed by atoms with Crippen LogP contribution in [-0.2, 0) is 0 Å². The predicted molar refractivity (Wildman–Crippen MR) is 99.9 cm³/mol. The highest BCUT2D eigenvalue weighted by Crippen LogP contribution is 2.17. The first-order chi connectivity index (χ1) is 10.8. The van der Waals surface area contributed by atoms with E-state index in [1.165, 1.54) is 0 Å². The second-order valence-electron chi connectivity index (χ2n) is 6.74. The summed E-state index contributed by atoms with van der Waals surface area (Å²) in [6.45, 7) is 8.55. The van der Waals surface area contributed by atoms with Gasteiger partial charge in [-0.05, 0) is 44.4 Å². The lowest BCUT2D eigenvalue weighted by Crippen LogP contribution is -2.52. The van der Waals surface area contributed by atoms with E-state index >= 15 is 0 Å². The van der Waals surface area contributed by atoms with Crippen molar-refractivity contribution in [1.82, 2.24) is 15.1 Å². The van der Waals surface area contributed by atoms with Crippen LogP contribution in [0.2, 0.25) is 0 Å². The smallest absolute Gasteiger partial charge is 0.272 e. The zero-order valence-corrected chi connectivity index (χ0v) is 15.6. The van der Waals surface area contributed by atoms with Gasteiger partial charge in [-0.2, -0.15) is 5.10 Å². The van der Waals surface area contributed by atoms with Crippen molar-refractivity contribution in [3.8, 4) is 5.69 Å². The van der Waals surface area contributed by atoms with Crippen LogP contribution < -0.4 is 11.1 Å². The summed E-state index contributed by atoms with van der Waals surface area (Å²) in [5.74, 6) is 0.267. The summed E-state index contributed by atoms with van der Waals surface area (Å²) in [6, 6.07) is 11.6. The topological polar surface area (TPSA) is 72.9 Å². The molecule has 1 aromatic heterocycles. The number of rotatable bonds is 6. The lowest BCUT2D eigenvalue weighted by molar-refractivity contribution is 0.0892. The summed E-state index contributed by atoms with van der Waals surface area (Å²) >= 11 is 0. The van der Waals surface area contributed by atoms with Crippen LogP contribution in [0.15, 0.2) is 36.4 Å². The summed E-state index contributed by atoms with van der Waals surface area (Å²) in [4.78, 5) is 12.6. The van der Waals surface area contributed by atoms with Crippen LogP contribution in [-0.4, -0.2) is 27.8 Å². The molecule has 6 heteroatoms. The minimum Gasteiger partial charge on any atom is -0.344 e. The summed E-state index contributed by atoms with van der Waals surface area (Å²) in [5, 5.41) is 7.48. The molecule has 2 aromatic rings. The van der Waals surface area contributed by atoms with Crippen LogP contribution in [0.1, 0.15) is 43.4 Å². The van der Waals surface area contributed by atoms with Crippen LogP contribution in [0, 0.1) is 12.8 Å². The number of benzene rings is 1. The van der Waals surface area contributed by atoms with Crippen molar-refractivity contribution in [2.24, 2.45) is 11.7 Å². The average molecular weight is 351 g/mol. The first-order valence-electron chi connectivity index (χ1n) is 7.99. The standard InChI is InChI=1S/C18H26N4O.ClH/c1-13(2)11-18(4,12-19)20-17(23)16-10-14(3)22(21-16)15-8-6-5-7-9-15;/h5-10,13H,11-12,19H2,1-4H3,(H,20,23);1H. The molecule has 0 aliphatic carbocycles. The zero-order valence-electron chi connectivity index (χ0n) is 14.7. The fourth-order valence-corrected chi connectivity index (χ4v) is 2.84. The van der Waals surface area contributed by atoms with Crippen LogP contribution >= 0.6 is 12.4 Å². The highest BCUT2D eigenvalue weighted by molar-refractivity contribution is 5.93. The summed E-state index contributed by atoms with van der Waals surface area (Å²) in [6.07, 6.45) is 0.827. The van der Waals surface area contributed by atoms with E-state index in [1.807, 2.05) is 44.2 Å². The van der Waals surface area contributed by atoms with E-state index in [0.717, 1.165) is 17.8 Å². The number of para-hydroxylation sites is 1. The fraction of sp³-hybridized carbons (Fsp3) is 0.444. The molecule has 0 saturated carbocycles. The van der Waals surface area contributed by atoms with Crippen LogP contribution in [0.4, 0.5) is 0 Å². The molecule has 0 radical (unpaired) electrons. The van der Waals surface area contributed by atoms with Crippen LogP contribution in [0.3, 0.4) is 0 Å². The number of aryl methyl sites for hydroxylation is 1. The van der Waals surface area contributed by atoms with Crippen molar-refractivity contribution in [1.29, 1.82) is 0 Å². The summed E-state index contributed by atoms with van der Waals surface area (Å²) < 4.78 is 1.77. The Morgan fingerprint density at radius 2 is 1.96 bits per heavy atom. The maximum atomic E-state index is 12.6. The number of nitrogens with one attached hydrogen (secondary N) is 1. The lowest BCUT2D eigenvalue weighted by Gasteiger charge is -2.30. The van der Waals surface area contributed by atoms with Crippen molar-refractivity contribution in [3.05, 3.63) is 47.8 Å². The Bertz CT molecular complexity index is 669. The van der Waals surface area contributed by atoms with Crippen LogP contribution in [0.25, 0.3) is 5.69 Å². The second kappa shape index (κ2) is 8.31. The Labute approximate surface area is 150 Å². The number of carbonyl (C=O) groups excluding carboxylic acids is 1. The number of aromatic nitrogens is 2. The largest absolute Gasteiger partial charge is 0.344 e. The monoisotopic (exact) mass is 350 g/mol. The number of nitrogens with zero attached hydrogens (tertiary/aromatic N) is 2. The van der Waals surface area contributed by atoms with Crippen molar-refractivity contribution < 1.29 is 4.79 Å². The Kier molecular flexibility index (Phi) is 6.99. The lowest BCUT2D eigenvalue weighted by atomic mass is 9.90. The Morgan fingerprint density at radius 3 is 2.50 bits per heavy atom. The molecule has 1 amide bonds. The predicted octanol–water partition coefficient (Wildman–Crippen LogP) is 3.10. The van der Waals surface area contributed by atoms with Crippen molar-refractivity contribution in [2.75, 3.05) is 6.54 Å². The number of amides is 1. The van der Waals surface area contributed by atoms with Crippen molar-refractivity contribution >= 4 is 18.3 Å². The molecular weight excluding hydrogens is 324 g/mol. The Morgan fingerprint density at radius 1 is 1.33 bits per heavy atom. The number of halogens is 1. The van der Waals surface area contributed by atoms with Gasteiger partial charge in [0.15, 0.2) is 5.69 Å². The molecule has 0 fully saturated rings. The van der Waals surface area contributed by atoms with E-state index in [9.17, 15) is 4.79 Å². The van der Waals surface area contributed by atoms with Crippen molar-refractivity contribution in [2.45, 2.75) is 39.7 Å². The minimum absolute atomic E-state index is 0. The highest BCUT2D eigenvalue weighted by Gasteiger charge is 2.27. The number of hydrogen-bond donors (Lipinski definition) is 2. The molecule has 0 bridgehead atoms. The van der Waals surface area contributed by atoms with Crippen molar-refractivity contribution in [3.63, 3.8) is 0 Å². The molecule has 3 N–H and O–H groups in total. The van der Waals surface area contributed by atoms with E-state index in [4.69, 9.17) is 5.73 Å². The van der Waals surface area contributed by atoms with E-state index < -0.39 is 5.54 Å². The van der Waals surface area contributed by atoms with Gasteiger partial charge in [0.25, 0.3) is 5.91 Å². The van der Waals surface area contributed by atoms with E-state index in [-0.39, 0.29) is 18.3 Å². The fourth-order valence-electron chi connectivity index (χ4n) is 2.84. The normalized spacial score (nSPS) is 13.2. The summed E-state index contributed by atoms with van der Waals surface area (Å²) in [5.41, 5.74) is 7.71. The van der Waals surface area contributed by atoms with Gasteiger partial charge in [-0.25, -0.2) is 4.68 Å². The molecule has 1 aromatic carbocycles. The molecule has 5 nitrogen and oxygen atoms in total. The Hall–Kier alpha value is -1.85.